The summed E-state index contributed by atoms with van der Waals surface area (Å²) in [5, 5.41) is 15.0. The molecule has 1 aliphatic heterocycles. The number of pyridine rings is 1. The number of hydrogen-bond acceptors (Lipinski definition) is 8. The van der Waals surface area contributed by atoms with Crippen molar-refractivity contribution in [2.75, 3.05) is 13.2 Å². The average Bonchev–Trinajstić information content (AvgIpc) is 3.56. The number of hydroxylamine groups is 2. The normalized spacial score (nSPS) is 17.8. The second-order valence-corrected chi connectivity index (χ2v) is 11.6. The predicted molar refractivity (Wildman–Crippen MR) is 143 cm³/mol. The van der Waals surface area contributed by atoms with E-state index in [2.05, 4.69) is 10.1 Å². The third-order valence-corrected chi connectivity index (χ3v) is 8.07. The molecule has 1 aliphatic rings. The number of thiophene rings is 1. The van der Waals surface area contributed by atoms with Crippen molar-refractivity contribution in [1.29, 1.82) is 0 Å². The zero-order valence-corrected chi connectivity index (χ0v) is 23.6. The molecular formula is C26H27F3N6O5S. The summed E-state index contributed by atoms with van der Waals surface area (Å²) >= 11 is 0.895. The molecule has 1 saturated heterocycles. The molecule has 0 saturated carbocycles. The Labute approximate surface area is 235 Å². The highest BCUT2D eigenvalue weighted by Gasteiger charge is 2.41. The molecule has 5 rings (SSSR count). The van der Waals surface area contributed by atoms with Gasteiger partial charge in [-0.1, -0.05) is 6.07 Å². The monoisotopic (exact) mass is 592 g/mol. The molecule has 218 valence electrons. The van der Waals surface area contributed by atoms with Crippen molar-refractivity contribution >= 4 is 27.5 Å². The molecule has 5 heterocycles. The number of β-amino-alcohol motifs (C(OH)–C–C–N with tert-alkyl or cyclic N) is 1. The van der Waals surface area contributed by atoms with Crippen LogP contribution in [-0.4, -0.2) is 58.7 Å². The van der Waals surface area contributed by atoms with Gasteiger partial charge in [-0.25, -0.2) is 19.5 Å². The molecule has 1 N–H and O–H groups in total. The summed E-state index contributed by atoms with van der Waals surface area (Å²) < 4.78 is 46.1. The van der Waals surface area contributed by atoms with Crippen molar-refractivity contribution in [1.82, 2.24) is 29.0 Å². The van der Waals surface area contributed by atoms with E-state index < -0.39 is 47.1 Å². The average molecular weight is 593 g/mol. The van der Waals surface area contributed by atoms with Crippen molar-refractivity contribution in [3.05, 3.63) is 72.6 Å². The maximum absolute atomic E-state index is 14.3. The number of aromatic nitrogens is 5. The Morgan fingerprint density at radius 3 is 2.54 bits per heavy atom. The lowest BCUT2D eigenvalue weighted by molar-refractivity contribution is -0.141. The van der Waals surface area contributed by atoms with Gasteiger partial charge in [-0.15, -0.1) is 11.3 Å². The van der Waals surface area contributed by atoms with Crippen LogP contribution in [0.5, 0.6) is 0 Å². The molecule has 0 unspecified atom stereocenters. The number of halogens is 3. The number of rotatable bonds is 5. The first-order valence-electron chi connectivity index (χ1n) is 12.6. The van der Waals surface area contributed by atoms with E-state index in [0.29, 0.717) is 0 Å². The van der Waals surface area contributed by atoms with Crippen molar-refractivity contribution in [3.8, 4) is 5.82 Å². The van der Waals surface area contributed by atoms with E-state index in [4.69, 9.17) is 4.84 Å². The largest absolute Gasteiger partial charge is 0.435 e. The Morgan fingerprint density at radius 2 is 1.98 bits per heavy atom. The third kappa shape index (κ3) is 4.87. The summed E-state index contributed by atoms with van der Waals surface area (Å²) in [5.74, 6) is -0.636. The molecule has 4 aromatic heterocycles. The van der Waals surface area contributed by atoms with Gasteiger partial charge < -0.3 is 5.11 Å². The fourth-order valence-corrected chi connectivity index (χ4v) is 6.27. The van der Waals surface area contributed by atoms with Gasteiger partial charge in [-0.05, 0) is 39.8 Å². The van der Waals surface area contributed by atoms with E-state index in [1.54, 1.807) is 26.0 Å². The zero-order chi connectivity index (χ0) is 30.0. The first-order chi connectivity index (χ1) is 19.1. The molecule has 1 fully saturated rings. The van der Waals surface area contributed by atoms with E-state index >= 15 is 0 Å². The molecule has 0 radical (unpaired) electrons. The van der Waals surface area contributed by atoms with Gasteiger partial charge in [-0.2, -0.15) is 18.3 Å². The first kappa shape index (κ1) is 28.7. The Hall–Kier alpha value is -3.82. The van der Waals surface area contributed by atoms with Gasteiger partial charge in [0.2, 0.25) is 0 Å². The molecule has 1 atom stereocenters. The van der Waals surface area contributed by atoms with Crippen molar-refractivity contribution < 1.29 is 27.9 Å². The van der Waals surface area contributed by atoms with Crippen LogP contribution in [0.4, 0.5) is 13.2 Å². The summed E-state index contributed by atoms with van der Waals surface area (Å²) in [6.45, 7) is 5.94. The lowest BCUT2D eigenvalue weighted by Crippen LogP contribution is -2.39. The maximum Gasteiger partial charge on any atom is 0.435 e. The number of amides is 1. The van der Waals surface area contributed by atoms with Gasteiger partial charge in [0, 0.05) is 41.8 Å². The molecule has 0 spiro atoms. The number of carbonyl (C=O) groups is 1. The van der Waals surface area contributed by atoms with Crippen LogP contribution in [0.25, 0.3) is 16.0 Å². The molecular weight excluding hydrogens is 565 g/mol. The van der Waals surface area contributed by atoms with Crippen molar-refractivity contribution in [2.45, 2.75) is 51.9 Å². The Balaban J connectivity index is 1.79. The second kappa shape index (κ2) is 9.92. The van der Waals surface area contributed by atoms with Crippen LogP contribution in [-0.2, 0) is 24.5 Å². The van der Waals surface area contributed by atoms with Crippen LogP contribution in [0.3, 0.4) is 0 Å². The number of nitrogens with zero attached hydrogens (tertiary/aromatic N) is 6. The number of alkyl halides is 3. The van der Waals surface area contributed by atoms with Crippen LogP contribution in [0.2, 0.25) is 0 Å². The predicted octanol–water partition coefficient (Wildman–Crippen LogP) is 2.98. The Kier molecular flexibility index (Phi) is 6.94. The zero-order valence-electron chi connectivity index (χ0n) is 22.8. The van der Waals surface area contributed by atoms with Gasteiger partial charge in [0.25, 0.3) is 11.5 Å². The topological polar surface area (TPSA) is 124 Å². The van der Waals surface area contributed by atoms with Crippen molar-refractivity contribution in [3.63, 3.8) is 0 Å². The fourth-order valence-electron chi connectivity index (χ4n) is 4.85. The summed E-state index contributed by atoms with van der Waals surface area (Å²) in [6, 6.07) is 4.31. The van der Waals surface area contributed by atoms with Crippen LogP contribution in [0, 0.1) is 6.92 Å². The fraction of sp³-hybridized carbons (Fsp3) is 0.423. The van der Waals surface area contributed by atoms with Crippen LogP contribution in [0.1, 0.15) is 59.0 Å². The van der Waals surface area contributed by atoms with E-state index in [-0.39, 0.29) is 50.9 Å². The van der Waals surface area contributed by atoms with Gasteiger partial charge >= 0.3 is 11.9 Å². The summed E-state index contributed by atoms with van der Waals surface area (Å²) in [4.78, 5) is 50.1. The van der Waals surface area contributed by atoms with E-state index in [1.165, 1.54) is 37.7 Å². The maximum atomic E-state index is 14.3. The van der Waals surface area contributed by atoms with E-state index in [1.807, 2.05) is 0 Å². The molecule has 41 heavy (non-hydrogen) atoms. The van der Waals surface area contributed by atoms with Crippen LogP contribution < -0.4 is 11.2 Å². The summed E-state index contributed by atoms with van der Waals surface area (Å²) in [6.07, 6.45) is -3.83. The second-order valence-electron chi connectivity index (χ2n) is 10.5. The lowest BCUT2D eigenvalue weighted by atomic mass is 10.0. The highest BCUT2D eigenvalue weighted by atomic mass is 32.1. The highest BCUT2D eigenvalue weighted by Crippen LogP contribution is 2.38. The minimum atomic E-state index is -4.84. The van der Waals surface area contributed by atoms with E-state index in [9.17, 15) is 32.7 Å². The molecule has 4 aromatic rings. The third-order valence-electron chi connectivity index (χ3n) is 6.88. The Morgan fingerprint density at radius 1 is 1.27 bits per heavy atom. The first-order valence-corrected chi connectivity index (χ1v) is 13.4. The minimum absolute atomic E-state index is 0.107. The quantitative estimate of drug-likeness (QED) is 0.378. The molecule has 0 aliphatic carbocycles. The van der Waals surface area contributed by atoms with E-state index in [0.717, 1.165) is 25.6 Å². The standard InChI is InChI=1S/C26H27F3N6O5S/c1-13(2)34-23-19(21(36)32(5)24(34)38)18(22(37)33-11-25(4,39)12-40-33)16(41-23)10-15-14(3)35(17-8-6-7-9-30-17)31-20(15)26(27,28)29/h6-9,13,39H,10-12H2,1-5H3/t25-/m0/s1. The molecule has 0 bridgehead atoms. The lowest BCUT2D eigenvalue weighted by Gasteiger charge is -2.17. The number of carbonyl (C=O) groups excluding carboxylic acids is 1. The SMILES string of the molecule is Cc1c(Cc2sc3c(c2C(=O)N2C[C@](C)(O)CO2)c(=O)n(C)c(=O)n3C(C)C)c(C(F)(F)F)nn1-c1ccccn1. The molecule has 1 amide bonds. The summed E-state index contributed by atoms with van der Waals surface area (Å²) in [5.41, 5.74) is -4.18. The van der Waals surface area contributed by atoms with Gasteiger partial charge in [0.1, 0.15) is 17.0 Å². The minimum Gasteiger partial charge on any atom is -0.386 e. The number of aliphatic hydroxyl groups is 1. The highest BCUT2D eigenvalue weighted by molar-refractivity contribution is 7.19. The molecule has 15 heteroatoms. The van der Waals surface area contributed by atoms with Crippen molar-refractivity contribution in [2.24, 2.45) is 7.05 Å². The number of hydrogen-bond donors (Lipinski definition) is 1. The van der Waals surface area contributed by atoms with Crippen LogP contribution >= 0.6 is 11.3 Å². The summed E-state index contributed by atoms with van der Waals surface area (Å²) in [7, 11) is 1.27. The smallest absolute Gasteiger partial charge is 0.386 e. The number of fused-ring (bicyclic) bond motifs is 1. The van der Waals surface area contributed by atoms with Crippen LogP contribution in [0.15, 0.2) is 34.0 Å². The van der Waals surface area contributed by atoms with Gasteiger partial charge in [0.15, 0.2) is 11.5 Å². The molecule has 11 nitrogen and oxygen atoms in total. The Bertz CT molecular complexity index is 1790. The molecule has 0 aromatic carbocycles. The van der Waals surface area contributed by atoms with Gasteiger partial charge in [-0.3, -0.25) is 23.6 Å². The van der Waals surface area contributed by atoms with Gasteiger partial charge in [0.05, 0.1) is 17.5 Å².